The van der Waals surface area contributed by atoms with Crippen molar-refractivity contribution in [2.75, 3.05) is 19.4 Å². The van der Waals surface area contributed by atoms with E-state index in [9.17, 15) is 0 Å². The van der Waals surface area contributed by atoms with Gasteiger partial charge in [0.25, 0.3) is 0 Å². The molecule has 1 aliphatic heterocycles. The monoisotopic (exact) mass is 308 g/mol. The fourth-order valence-corrected chi connectivity index (χ4v) is 2.67. The summed E-state index contributed by atoms with van der Waals surface area (Å²) in [4.78, 5) is 12.4. The van der Waals surface area contributed by atoms with Crippen LogP contribution in [0.3, 0.4) is 0 Å². The van der Waals surface area contributed by atoms with E-state index in [4.69, 9.17) is 25.7 Å². The van der Waals surface area contributed by atoms with Gasteiger partial charge >= 0.3 is 0 Å². The third kappa shape index (κ3) is 2.41. The molecule has 0 aliphatic carbocycles. The lowest BCUT2D eigenvalue weighted by Gasteiger charge is -2.24. The van der Waals surface area contributed by atoms with E-state index in [1.165, 1.54) is 6.33 Å². The van der Waals surface area contributed by atoms with Gasteiger partial charge in [-0.25, -0.2) is 15.0 Å². The molecule has 22 heavy (non-hydrogen) atoms. The van der Waals surface area contributed by atoms with E-state index in [0.29, 0.717) is 23.5 Å². The summed E-state index contributed by atoms with van der Waals surface area (Å²) in [5, 5.41) is 0. The van der Waals surface area contributed by atoms with Crippen LogP contribution in [-0.2, 0) is 14.2 Å². The number of aromatic nitrogens is 4. The zero-order valence-corrected chi connectivity index (χ0v) is 12.8. The number of imidazole rings is 1. The van der Waals surface area contributed by atoms with Crippen LogP contribution in [0, 0.1) is 0 Å². The number of methoxy groups -OCH3 is 1. The van der Waals surface area contributed by atoms with Crippen LogP contribution in [0.4, 0.5) is 5.82 Å². The largest absolute Gasteiger partial charge is 0.382 e. The quantitative estimate of drug-likeness (QED) is 0.811. The highest BCUT2D eigenvalue weighted by molar-refractivity contribution is 5.81. The Labute approximate surface area is 127 Å². The minimum Gasteiger partial charge on any atom is -0.382 e. The van der Waals surface area contributed by atoms with Crippen molar-refractivity contribution in [1.82, 2.24) is 19.5 Å². The molecule has 1 unspecified atom stereocenters. The summed E-state index contributed by atoms with van der Waals surface area (Å²) < 4.78 is 19.2. The Morgan fingerprint density at radius 2 is 2.14 bits per heavy atom. The molecule has 1 fully saturated rings. The average Bonchev–Trinajstić information content (AvgIpc) is 3.02. The van der Waals surface area contributed by atoms with Crippen molar-refractivity contribution >= 4 is 17.0 Å². The highest BCUT2D eigenvalue weighted by atomic mass is 16.8. The van der Waals surface area contributed by atoms with Crippen molar-refractivity contribution in [2.24, 2.45) is 5.73 Å². The molecule has 9 nitrogen and oxygen atoms in total. The molecule has 3 heterocycles. The Hall–Kier alpha value is -1.81. The molecule has 2 aromatic heterocycles. The number of nitrogens with two attached hydrogens (primary N) is 2. The van der Waals surface area contributed by atoms with E-state index in [1.54, 1.807) is 18.0 Å². The van der Waals surface area contributed by atoms with Crippen LogP contribution in [0.15, 0.2) is 12.7 Å². The number of rotatable bonds is 4. The first-order valence-electron chi connectivity index (χ1n) is 6.98. The third-order valence-corrected chi connectivity index (χ3v) is 3.67. The van der Waals surface area contributed by atoms with Crippen LogP contribution in [-0.4, -0.2) is 51.2 Å². The molecule has 2 aromatic rings. The van der Waals surface area contributed by atoms with Crippen molar-refractivity contribution in [2.45, 2.75) is 38.1 Å². The van der Waals surface area contributed by atoms with Crippen LogP contribution in [0.25, 0.3) is 11.2 Å². The second-order valence-corrected chi connectivity index (χ2v) is 5.58. The second kappa shape index (κ2) is 5.43. The summed E-state index contributed by atoms with van der Waals surface area (Å²) in [6.45, 7) is 3.98. The normalized spacial score (nSPS) is 25.6. The maximum atomic E-state index is 6.00. The standard InChI is InChI=1S/C13H20N6O3/c1-13(2)21-9(7(4-14)20-3)12(22-13)19-6-18-8-10(15)16-5-17-11(8)19/h5-7,9,12H,4,14H2,1-3H3,(H2,15,16,17)/t7-,9-,12?/m1/s1. The highest BCUT2D eigenvalue weighted by Gasteiger charge is 2.46. The lowest BCUT2D eigenvalue weighted by molar-refractivity contribution is -0.160. The van der Waals surface area contributed by atoms with Crippen molar-refractivity contribution in [3.63, 3.8) is 0 Å². The number of nitrogen functional groups attached to an aromatic ring is 1. The Balaban J connectivity index is 2.05. The fourth-order valence-electron chi connectivity index (χ4n) is 2.67. The second-order valence-electron chi connectivity index (χ2n) is 5.58. The predicted molar refractivity (Wildman–Crippen MR) is 78.7 cm³/mol. The smallest absolute Gasteiger partial charge is 0.169 e. The van der Waals surface area contributed by atoms with Gasteiger partial charge in [-0.05, 0) is 13.8 Å². The Kier molecular flexibility index (Phi) is 3.73. The maximum Gasteiger partial charge on any atom is 0.169 e. The van der Waals surface area contributed by atoms with Crippen LogP contribution in [0.5, 0.6) is 0 Å². The van der Waals surface area contributed by atoms with E-state index in [-0.39, 0.29) is 6.10 Å². The fraction of sp³-hybridized carbons (Fsp3) is 0.615. The first-order valence-corrected chi connectivity index (χ1v) is 6.98. The van der Waals surface area contributed by atoms with Gasteiger partial charge in [-0.2, -0.15) is 0 Å². The predicted octanol–water partition coefficient (Wildman–Crippen LogP) is 0.0323. The van der Waals surface area contributed by atoms with Gasteiger partial charge in [0.2, 0.25) is 0 Å². The topological polar surface area (TPSA) is 123 Å². The Morgan fingerprint density at radius 3 is 2.82 bits per heavy atom. The molecule has 1 aliphatic rings. The van der Waals surface area contributed by atoms with Gasteiger partial charge in [-0.3, -0.25) is 4.57 Å². The summed E-state index contributed by atoms with van der Waals surface area (Å²) >= 11 is 0. The van der Waals surface area contributed by atoms with E-state index in [0.717, 1.165) is 0 Å². The van der Waals surface area contributed by atoms with Crippen LogP contribution < -0.4 is 11.5 Å². The van der Waals surface area contributed by atoms with E-state index in [1.807, 2.05) is 13.8 Å². The molecule has 0 amide bonds. The van der Waals surface area contributed by atoms with Crippen LogP contribution in [0.1, 0.15) is 20.1 Å². The molecule has 3 rings (SSSR count). The van der Waals surface area contributed by atoms with Gasteiger partial charge < -0.3 is 25.7 Å². The number of anilines is 1. The molecular formula is C13H20N6O3. The lowest BCUT2D eigenvalue weighted by Crippen LogP contribution is -2.40. The number of hydrogen-bond donors (Lipinski definition) is 2. The van der Waals surface area contributed by atoms with Gasteiger partial charge in [-0.1, -0.05) is 0 Å². The van der Waals surface area contributed by atoms with Gasteiger partial charge in [0, 0.05) is 13.7 Å². The summed E-state index contributed by atoms with van der Waals surface area (Å²) in [7, 11) is 1.59. The van der Waals surface area contributed by atoms with E-state index in [2.05, 4.69) is 15.0 Å². The zero-order chi connectivity index (χ0) is 15.9. The number of nitrogens with zero attached hydrogens (tertiary/aromatic N) is 4. The number of fused-ring (bicyclic) bond motifs is 1. The summed E-state index contributed by atoms with van der Waals surface area (Å²) in [5.74, 6) is -0.447. The molecule has 0 saturated carbocycles. The molecule has 120 valence electrons. The van der Waals surface area contributed by atoms with Gasteiger partial charge in [0.05, 0.1) is 6.33 Å². The minimum atomic E-state index is -0.767. The summed E-state index contributed by atoms with van der Waals surface area (Å²) in [6.07, 6.45) is 1.83. The van der Waals surface area contributed by atoms with E-state index >= 15 is 0 Å². The maximum absolute atomic E-state index is 6.00. The molecule has 4 N–H and O–H groups in total. The van der Waals surface area contributed by atoms with Crippen molar-refractivity contribution in [1.29, 1.82) is 0 Å². The van der Waals surface area contributed by atoms with Crippen molar-refractivity contribution in [3.05, 3.63) is 12.7 Å². The summed E-state index contributed by atoms with van der Waals surface area (Å²) in [5.41, 5.74) is 12.7. The SMILES string of the molecule is CO[C@H](CN)[C@H]1OC(C)(C)OC1n1cnc2c(N)ncnc21. The van der Waals surface area contributed by atoms with Gasteiger partial charge in [-0.15, -0.1) is 0 Å². The molecule has 0 bridgehead atoms. The molecule has 9 heteroatoms. The molecule has 0 aromatic carbocycles. The Morgan fingerprint density at radius 1 is 1.36 bits per heavy atom. The molecule has 0 radical (unpaired) electrons. The van der Waals surface area contributed by atoms with E-state index < -0.39 is 18.1 Å². The van der Waals surface area contributed by atoms with Gasteiger partial charge in [0.1, 0.15) is 24.1 Å². The van der Waals surface area contributed by atoms with Crippen LogP contribution >= 0.6 is 0 Å². The Bertz CT molecular complexity index is 669. The number of hydrogen-bond acceptors (Lipinski definition) is 8. The van der Waals surface area contributed by atoms with Crippen molar-refractivity contribution < 1.29 is 14.2 Å². The third-order valence-electron chi connectivity index (χ3n) is 3.67. The first kappa shape index (κ1) is 15.1. The molecule has 0 spiro atoms. The number of ether oxygens (including phenoxy) is 3. The average molecular weight is 308 g/mol. The first-order chi connectivity index (χ1) is 10.5. The zero-order valence-electron chi connectivity index (χ0n) is 12.8. The van der Waals surface area contributed by atoms with Crippen molar-refractivity contribution in [3.8, 4) is 0 Å². The van der Waals surface area contributed by atoms with Crippen LogP contribution in [0.2, 0.25) is 0 Å². The lowest BCUT2D eigenvalue weighted by atomic mass is 10.1. The minimum absolute atomic E-state index is 0.306. The molecule has 1 saturated heterocycles. The molecular weight excluding hydrogens is 288 g/mol. The highest BCUT2D eigenvalue weighted by Crippen LogP contribution is 2.38. The summed E-state index contributed by atoms with van der Waals surface area (Å²) in [6, 6.07) is 0. The van der Waals surface area contributed by atoms with Gasteiger partial charge in [0.15, 0.2) is 23.5 Å². The molecule has 3 atom stereocenters.